The highest BCUT2D eigenvalue weighted by molar-refractivity contribution is 5.76. The molecule has 0 saturated carbocycles. The van der Waals surface area contributed by atoms with Crippen molar-refractivity contribution in [1.82, 2.24) is 14.9 Å². The lowest BCUT2D eigenvalue weighted by Crippen LogP contribution is -2.39. The molecule has 1 aliphatic heterocycles. The summed E-state index contributed by atoms with van der Waals surface area (Å²) in [6.07, 6.45) is 5.22. The minimum Gasteiger partial charge on any atom is -0.382 e. The third-order valence-electron chi connectivity index (χ3n) is 5.34. The van der Waals surface area contributed by atoms with Crippen molar-refractivity contribution >= 4 is 5.91 Å². The molecule has 1 amide bonds. The monoisotopic (exact) mass is 397 g/mol. The average Bonchev–Trinajstić information content (AvgIpc) is 2.76. The number of methoxy groups -OCH3 is 1. The van der Waals surface area contributed by atoms with Crippen molar-refractivity contribution in [2.24, 2.45) is 0 Å². The second-order valence-electron chi connectivity index (χ2n) is 7.54. The van der Waals surface area contributed by atoms with Gasteiger partial charge >= 0.3 is 0 Å². The predicted octanol–water partition coefficient (Wildman–Crippen LogP) is 3.29. The smallest absolute Gasteiger partial charge is 0.222 e. The zero-order valence-corrected chi connectivity index (χ0v) is 17.5. The lowest BCUT2D eigenvalue weighted by Gasteiger charge is -2.33. The van der Waals surface area contributed by atoms with E-state index in [1.165, 1.54) is 5.56 Å². The summed E-state index contributed by atoms with van der Waals surface area (Å²) >= 11 is 0. The molecule has 1 fully saturated rings. The normalized spacial score (nSPS) is 16.8. The van der Waals surface area contributed by atoms with E-state index in [2.05, 4.69) is 17.1 Å². The Morgan fingerprint density at radius 1 is 1.24 bits per heavy atom. The number of carbonyl (C=O) groups excluding carboxylic acids is 1. The van der Waals surface area contributed by atoms with E-state index >= 15 is 0 Å². The predicted molar refractivity (Wildman–Crippen MR) is 112 cm³/mol. The summed E-state index contributed by atoms with van der Waals surface area (Å²) < 4.78 is 10.7. The van der Waals surface area contributed by atoms with Gasteiger partial charge in [0.1, 0.15) is 5.82 Å². The molecule has 2 aromatic rings. The number of carbonyl (C=O) groups is 1. The molecule has 0 spiro atoms. The summed E-state index contributed by atoms with van der Waals surface area (Å²) in [5, 5.41) is 0. The molecule has 0 N–H and O–H groups in total. The Morgan fingerprint density at radius 2 is 2.07 bits per heavy atom. The van der Waals surface area contributed by atoms with Gasteiger partial charge in [-0.3, -0.25) is 4.79 Å². The van der Waals surface area contributed by atoms with Crippen LogP contribution in [-0.2, 0) is 27.3 Å². The number of benzene rings is 1. The fraction of sp³-hybridized carbons (Fsp3) is 0.522. The quantitative estimate of drug-likeness (QED) is 0.608. The number of aromatic nitrogens is 2. The van der Waals surface area contributed by atoms with Gasteiger partial charge in [0.2, 0.25) is 5.91 Å². The van der Waals surface area contributed by atoms with E-state index in [1.54, 1.807) is 7.11 Å². The summed E-state index contributed by atoms with van der Waals surface area (Å²) in [6, 6.07) is 10.2. The zero-order valence-electron chi connectivity index (χ0n) is 17.5. The third-order valence-corrected chi connectivity index (χ3v) is 5.34. The molecule has 0 radical (unpaired) electrons. The number of rotatable bonds is 9. The van der Waals surface area contributed by atoms with Crippen LogP contribution in [0.3, 0.4) is 0 Å². The van der Waals surface area contributed by atoms with E-state index in [0.29, 0.717) is 26.2 Å². The van der Waals surface area contributed by atoms with E-state index in [1.807, 2.05) is 36.2 Å². The molecule has 1 unspecified atom stereocenters. The highest BCUT2D eigenvalue weighted by Gasteiger charge is 2.27. The van der Waals surface area contributed by atoms with E-state index in [-0.39, 0.29) is 11.8 Å². The maximum Gasteiger partial charge on any atom is 0.222 e. The van der Waals surface area contributed by atoms with Gasteiger partial charge in [0.05, 0.1) is 25.5 Å². The number of likely N-dealkylation sites (tertiary alicyclic amines) is 1. The van der Waals surface area contributed by atoms with Gasteiger partial charge in [-0.15, -0.1) is 0 Å². The highest BCUT2D eigenvalue weighted by atomic mass is 16.5. The van der Waals surface area contributed by atoms with Crippen LogP contribution in [0.4, 0.5) is 0 Å². The summed E-state index contributed by atoms with van der Waals surface area (Å²) in [5.41, 5.74) is 3.24. The van der Waals surface area contributed by atoms with Gasteiger partial charge in [0.25, 0.3) is 0 Å². The Bertz CT molecular complexity index is 782. The van der Waals surface area contributed by atoms with Crippen molar-refractivity contribution in [2.75, 3.05) is 33.4 Å². The van der Waals surface area contributed by atoms with E-state index in [9.17, 15) is 4.79 Å². The third kappa shape index (κ3) is 6.34. The molecule has 6 nitrogen and oxygen atoms in total. The van der Waals surface area contributed by atoms with Crippen LogP contribution in [0, 0.1) is 6.92 Å². The number of ether oxygens (including phenoxy) is 2. The van der Waals surface area contributed by atoms with Gasteiger partial charge in [-0.25, -0.2) is 9.97 Å². The zero-order chi connectivity index (χ0) is 20.5. The molecule has 6 heteroatoms. The molecule has 1 atom stereocenters. The fourth-order valence-corrected chi connectivity index (χ4v) is 3.78. The molecule has 2 heterocycles. The Kier molecular flexibility index (Phi) is 8.14. The van der Waals surface area contributed by atoms with Crippen LogP contribution >= 0.6 is 0 Å². The summed E-state index contributed by atoms with van der Waals surface area (Å²) in [6.45, 7) is 5.03. The molecule has 1 aromatic heterocycles. The van der Waals surface area contributed by atoms with E-state index < -0.39 is 0 Å². The molecule has 1 aliphatic rings. The lowest BCUT2D eigenvalue weighted by atomic mass is 9.91. The number of aryl methyl sites for hydroxylation is 2. The largest absolute Gasteiger partial charge is 0.382 e. The standard InChI is InChI=1S/C23H31N3O3/c1-18-24-15-21(17-29-14-13-28-2)23(25-18)20-9-6-12-26(16-20)22(27)11-10-19-7-4-3-5-8-19/h3-5,7-8,15,20H,6,9-14,16-17H2,1-2H3. The minimum absolute atomic E-state index is 0.224. The lowest BCUT2D eigenvalue weighted by molar-refractivity contribution is -0.132. The van der Waals surface area contributed by atoms with Crippen molar-refractivity contribution < 1.29 is 14.3 Å². The van der Waals surface area contributed by atoms with Crippen LogP contribution in [0.2, 0.25) is 0 Å². The first-order valence-corrected chi connectivity index (χ1v) is 10.4. The topological polar surface area (TPSA) is 64.6 Å². The van der Waals surface area contributed by atoms with Gasteiger partial charge in [-0.2, -0.15) is 0 Å². The van der Waals surface area contributed by atoms with Gasteiger partial charge in [0, 0.05) is 44.3 Å². The molecule has 1 aromatic carbocycles. The SMILES string of the molecule is COCCOCc1cnc(C)nc1C1CCCN(C(=O)CCc2ccccc2)C1. The fourth-order valence-electron chi connectivity index (χ4n) is 3.78. The van der Waals surface area contributed by atoms with Gasteiger partial charge in [-0.1, -0.05) is 30.3 Å². The van der Waals surface area contributed by atoms with E-state index in [0.717, 1.165) is 49.4 Å². The molecule has 0 aliphatic carbocycles. The van der Waals surface area contributed by atoms with Crippen LogP contribution in [0.1, 0.15) is 47.8 Å². The van der Waals surface area contributed by atoms with Gasteiger partial charge in [-0.05, 0) is 31.7 Å². The maximum atomic E-state index is 12.8. The van der Waals surface area contributed by atoms with Gasteiger partial charge in [0.15, 0.2) is 0 Å². The highest BCUT2D eigenvalue weighted by Crippen LogP contribution is 2.28. The van der Waals surface area contributed by atoms with Crippen LogP contribution in [-0.4, -0.2) is 54.2 Å². The van der Waals surface area contributed by atoms with Crippen LogP contribution in [0.25, 0.3) is 0 Å². The molecule has 3 rings (SSSR count). The van der Waals surface area contributed by atoms with Crippen LogP contribution in [0.15, 0.2) is 36.5 Å². The minimum atomic E-state index is 0.224. The average molecular weight is 398 g/mol. The number of nitrogens with zero attached hydrogens (tertiary/aromatic N) is 3. The first-order chi connectivity index (χ1) is 14.2. The first kappa shape index (κ1) is 21.4. The second-order valence-corrected chi connectivity index (χ2v) is 7.54. The summed E-state index contributed by atoms with van der Waals surface area (Å²) in [4.78, 5) is 23.9. The Hall–Kier alpha value is -2.31. The summed E-state index contributed by atoms with van der Waals surface area (Å²) in [5.74, 6) is 1.21. The number of hydrogen-bond donors (Lipinski definition) is 0. The second kappa shape index (κ2) is 11.0. The Balaban J connectivity index is 1.62. The molecular weight excluding hydrogens is 366 g/mol. The van der Waals surface area contributed by atoms with Crippen molar-refractivity contribution in [1.29, 1.82) is 0 Å². The number of amides is 1. The number of piperidine rings is 1. The molecule has 0 bridgehead atoms. The maximum absolute atomic E-state index is 12.8. The molecule has 1 saturated heterocycles. The number of hydrogen-bond acceptors (Lipinski definition) is 5. The first-order valence-electron chi connectivity index (χ1n) is 10.4. The van der Waals surface area contributed by atoms with Crippen molar-refractivity contribution in [2.45, 2.75) is 45.1 Å². The van der Waals surface area contributed by atoms with Gasteiger partial charge < -0.3 is 14.4 Å². The van der Waals surface area contributed by atoms with Crippen molar-refractivity contribution in [3.63, 3.8) is 0 Å². The van der Waals surface area contributed by atoms with Crippen molar-refractivity contribution in [3.8, 4) is 0 Å². The molecular formula is C23H31N3O3. The Labute approximate surface area is 173 Å². The van der Waals surface area contributed by atoms with Crippen LogP contribution < -0.4 is 0 Å². The van der Waals surface area contributed by atoms with Crippen molar-refractivity contribution in [3.05, 3.63) is 59.2 Å². The van der Waals surface area contributed by atoms with Crippen LogP contribution in [0.5, 0.6) is 0 Å². The van der Waals surface area contributed by atoms with E-state index in [4.69, 9.17) is 14.5 Å². The Morgan fingerprint density at radius 3 is 2.86 bits per heavy atom. The summed E-state index contributed by atoms with van der Waals surface area (Å²) in [7, 11) is 1.66. The molecule has 29 heavy (non-hydrogen) atoms. The molecule has 156 valence electrons.